The molecule has 0 aliphatic heterocycles. The summed E-state index contributed by atoms with van der Waals surface area (Å²) in [4.78, 5) is 11.9. The SMILES string of the molecule is CCc1ccccc1NC(=O)NCCc1cccc(Cl)c1. The lowest BCUT2D eigenvalue weighted by Crippen LogP contribution is -2.30. The van der Waals surface area contributed by atoms with Crippen LogP contribution < -0.4 is 10.6 Å². The predicted octanol–water partition coefficient (Wildman–Crippen LogP) is 4.27. The number of urea groups is 1. The Morgan fingerprint density at radius 1 is 1.14 bits per heavy atom. The van der Waals surface area contributed by atoms with E-state index in [-0.39, 0.29) is 6.03 Å². The summed E-state index contributed by atoms with van der Waals surface area (Å²) >= 11 is 5.93. The maximum absolute atomic E-state index is 11.9. The molecule has 0 atom stereocenters. The molecule has 2 rings (SSSR count). The van der Waals surface area contributed by atoms with Crippen LogP contribution in [0.5, 0.6) is 0 Å². The number of anilines is 1. The molecule has 0 bridgehead atoms. The fourth-order valence-electron chi connectivity index (χ4n) is 2.13. The summed E-state index contributed by atoms with van der Waals surface area (Å²) in [6.07, 6.45) is 1.64. The molecule has 2 aromatic carbocycles. The molecule has 0 aliphatic carbocycles. The van der Waals surface area contributed by atoms with Crippen LogP contribution in [0.2, 0.25) is 5.02 Å². The Morgan fingerprint density at radius 3 is 2.71 bits per heavy atom. The number of para-hydroxylation sites is 1. The summed E-state index contributed by atoms with van der Waals surface area (Å²) in [5, 5.41) is 6.46. The van der Waals surface area contributed by atoms with Crippen molar-refractivity contribution >= 4 is 23.3 Å². The van der Waals surface area contributed by atoms with Crippen LogP contribution in [0.25, 0.3) is 0 Å². The van der Waals surface area contributed by atoms with Gasteiger partial charge in [0, 0.05) is 17.3 Å². The molecule has 0 saturated carbocycles. The van der Waals surface area contributed by atoms with Gasteiger partial charge in [-0.05, 0) is 42.2 Å². The van der Waals surface area contributed by atoms with Crippen molar-refractivity contribution in [1.82, 2.24) is 5.32 Å². The van der Waals surface area contributed by atoms with Gasteiger partial charge in [0.05, 0.1) is 0 Å². The van der Waals surface area contributed by atoms with Gasteiger partial charge in [-0.15, -0.1) is 0 Å². The second-order valence-corrected chi connectivity index (χ2v) is 5.21. The minimum absolute atomic E-state index is 0.182. The summed E-state index contributed by atoms with van der Waals surface area (Å²) in [7, 11) is 0. The van der Waals surface area contributed by atoms with Crippen LogP contribution >= 0.6 is 11.6 Å². The van der Waals surface area contributed by atoms with Crippen molar-refractivity contribution in [3.63, 3.8) is 0 Å². The van der Waals surface area contributed by atoms with E-state index in [1.165, 1.54) is 0 Å². The van der Waals surface area contributed by atoms with E-state index in [4.69, 9.17) is 11.6 Å². The quantitative estimate of drug-likeness (QED) is 0.851. The monoisotopic (exact) mass is 302 g/mol. The summed E-state index contributed by atoms with van der Waals surface area (Å²) < 4.78 is 0. The van der Waals surface area contributed by atoms with Crippen LogP contribution in [0.4, 0.5) is 10.5 Å². The summed E-state index contributed by atoms with van der Waals surface area (Å²) in [6, 6.07) is 15.3. The lowest BCUT2D eigenvalue weighted by atomic mass is 10.1. The molecule has 0 unspecified atom stereocenters. The van der Waals surface area contributed by atoms with E-state index in [9.17, 15) is 4.79 Å². The molecule has 0 aromatic heterocycles. The van der Waals surface area contributed by atoms with E-state index in [1.54, 1.807) is 0 Å². The molecule has 21 heavy (non-hydrogen) atoms. The smallest absolute Gasteiger partial charge is 0.319 e. The number of nitrogens with one attached hydrogen (secondary N) is 2. The minimum Gasteiger partial charge on any atom is -0.338 e. The fourth-order valence-corrected chi connectivity index (χ4v) is 2.34. The van der Waals surface area contributed by atoms with Gasteiger partial charge >= 0.3 is 6.03 Å². The van der Waals surface area contributed by atoms with Crippen LogP contribution in [0.1, 0.15) is 18.1 Å². The van der Waals surface area contributed by atoms with E-state index >= 15 is 0 Å². The summed E-state index contributed by atoms with van der Waals surface area (Å²) in [5.74, 6) is 0. The maximum atomic E-state index is 11.9. The number of carbonyl (C=O) groups is 1. The molecular weight excluding hydrogens is 284 g/mol. The van der Waals surface area contributed by atoms with Crippen LogP contribution in [-0.2, 0) is 12.8 Å². The molecule has 2 aromatic rings. The van der Waals surface area contributed by atoms with E-state index in [0.29, 0.717) is 11.6 Å². The van der Waals surface area contributed by atoms with Crippen molar-refractivity contribution in [3.8, 4) is 0 Å². The van der Waals surface area contributed by atoms with Crippen LogP contribution in [0, 0.1) is 0 Å². The summed E-state index contributed by atoms with van der Waals surface area (Å²) in [5.41, 5.74) is 3.10. The molecule has 2 N–H and O–H groups in total. The molecule has 0 heterocycles. The van der Waals surface area contributed by atoms with Crippen LogP contribution in [0.3, 0.4) is 0 Å². The standard InChI is InChI=1S/C17H19ClN2O/c1-2-14-7-3-4-9-16(14)20-17(21)19-11-10-13-6-5-8-15(18)12-13/h3-9,12H,2,10-11H2,1H3,(H2,19,20,21). The fraction of sp³-hybridized carbons (Fsp3) is 0.235. The molecule has 0 radical (unpaired) electrons. The maximum Gasteiger partial charge on any atom is 0.319 e. The van der Waals surface area contributed by atoms with Crippen LogP contribution in [-0.4, -0.2) is 12.6 Å². The van der Waals surface area contributed by atoms with Crippen molar-refractivity contribution in [2.75, 3.05) is 11.9 Å². The first-order valence-corrected chi connectivity index (χ1v) is 7.44. The second-order valence-electron chi connectivity index (χ2n) is 4.77. The number of benzene rings is 2. The highest BCUT2D eigenvalue weighted by Gasteiger charge is 2.04. The van der Waals surface area contributed by atoms with Gasteiger partial charge in [-0.3, -0.25) is 0 Å². The zero-order valence-electron chi connectivity index (χ0n) is 12.0. The van der Waals surface area contributed by atoms with E-state index in [0.717, 1.165) is 29.7 Å². The van der Waals surface area contributed by atoms with Gasteiger partial charge in [0.1, 0.15) is 0 Å². The zero-order chi connectivity index (χ0) is 15.1. The zero-order valence-corrected chi connectivity index (χ0v) is 12.8. The Hall–Kier alpha value is -2.00. The number of aryl methyl sites for hydroxylation is 1. The van der Waals surface area contributed by atoms with Crippen molar-refractivity contribution in [1.29, 1.82) is 0 Å². The Bertz CT molecular complexity index is 613. The average molecular weight is 303 g/mol. The normalized spacial score (nSPS) is 10.2. The highest BCUT2D eigenvalue weighted by atomic mass is 35.5. The molecule has 110 valence electrons. The van der Waals surface area contributed by atoms with Crippen molar-refractivity contribution in [3.05, 3.63) is 64.7 Å². The molecular formula is C17H19ClN2O. The Balaban J connectivity index is 1.82. The first-order valence-electron chi connectivity index (χ1n) is 7.06. The van der Waals surface area contributed by atoms with Gasteiger partial charge in [-0.25, -0.2) is 4.79 Å². The minimum atomic E-state index is -0.182. The Labute approximate surface area is 130 Å². The summed E-state index contributed by atoms with van der Waals surface area (Å²) in [6.45, 7) is 2.64. The van der Waals surface area contributed by atoms with Gasteiger partial charge < -0.3 is 10.6 Å². The van der Waals surface area contributed by atoms with Crippen molar-refractivity contribution in [2.45, 2.75) is 19.8 Å². The third-order valence-electron chi connectivity index (χ3n) is 3.23. The molecule has 2 amide bonds. The number of rotatable bonds is 5. The van der Waals surface area contributed by atoms with Crippen molar-refractivity contribution < 1.29 is 4.79 Å². The number of amides is 2. The Morgan fingerprint density at radius 2 is 1.95 bits per heavy atom. The molecule has 4 heteroatoms. The lowest BCUT2D eigenvalue weighted by Gasteiger charge is -2.11. The average Bonchev–Trinajstić information content (AvgIpc) is 2.48. The number of hydrogen-bond donors (Lipinski definition) is 2. The van der Waals surface area contributed by atoms with E-state index < -0.39 is 0 Å². The number of carbonyl (C=O) groups excluding carboxylic acids is 1. The first-order chi connectivity index (χ1) is 10.2. The Kier molecular flexibility index (Phi) is 5.64. The van der Waals surface area contributed by atoms with Gasteiger partial charge in [-0.2, -0.15) is 0 Å². The van der Waals surface area contributed by atoms with Gasteiger partial charge in [-0.1, -0.05) is 48.9 Å². The van der Waals surface area contributed by atoms with Crippen molar-refractivity contribution in [2.24, 2.45) is 0 Å². The van der Waals surface area contributed by atoms with Crippen LogP contribution in [0.15, 0.2) is 48.5 Å². The third kappa shape index (κ3) is 4.80. The molecule has 0 saturated heterocycles. The lowest BCUT2D eigenvalue weighted by molar-refractivity contribution is 0.252. The van der Waals surface area contributed by atoms with Gasteiger partial charge in [0.25, 0.3) is 0 Å². The molecule has 0 fully saturated rings. The predicted molar refractivity (Wildman–Crippen MR) is 88.0 cm³/mol. The van der Waals surface area contributed by atoms with E-state index in [1.807, 2.05) is 48.5 Å². The largest absolute Gasteiger partial charge is 0.338 e. The van der Waals surface area contributed by atoms with Gasteiger partial charge in [0.15, 0.2) is 0 Å². The topological polar surface area (TPSA) is 41.1 Å². The highest BCUT2D eigenvalue weighted by Crippen LogP contribution is 2.15. The van der Waals surface area contributed by atoms with Gasteiger partial charge in [0.2, 0.25) is 0 Å². The second kappa shape index (κ2) is 7.70. The van der Waals surface area contributed by atoms with E-state index in [2.05, 4.69) is 17.6 Å². The molecule has 0 spiro atoms. The number of halogens is 1. The highest BCUT2D eigenvalue weighted by molar-refractivity contribution is 6.30. The first kappa shape index (κ1) is 15.4. The molecule has 0 aliphatic rings. The molecule has 3 nitrogen and oxygen atoms in total. The number of hydrogen-bond acceptors (Lipinski definition) is 1. The third-order valence-corrected chi connectivity index (χ3v) is 3.47.